The van der Waals surface area contributed by atoms with E-state index in [2.05, 4.69) is 0 Å². The van der Waals surface area contributed by atoms with Gasteiger partial charge in [-0.3, -0.25) is 4.79 Å². The van der Waals surface area contributed by atoms with Gasteiger partial charge in [0.2, 0.25) is 5.91 Å². The molecule has 4 N–H and O–H groups in total. The third-order valence-corrected chi connectivity index (χ3v) is 4.61. The molecular formula is C11H23N3O3S. The molecule has 1 saturated carbocycles. The molecule has 0 saturated heterocycles. The summed E-state index contributed by atoms with van der Waals surface area (Å²) in [5, 5.41) is 0. The van der Waals surface area contributed by atoms with Crippen LogP contribution in [0.4, 0.5) is 0 Å². The molecule has 2 atom stereocenters. The fourth-order valence-electron chi connectivity index (χ4n) is 2.37. The van der Waals surface area contributed by atoms with E-state index >= 15 is 0 Å². The summed E-state index contributed by atoms with van der Waals surface area (Å²) in [4.78, 5) is 13.3. The molecule has 1 aliphatic carbocycles. The minimum Gasteiger partial charge on any atom is -0.368 e. The van der Waals surface area contributed by atoms with Crippen LogP contribution in [0.1, 0.15) is 25.7 Å². The maximum atomic E-state index is 11.3. The summed E-state index contributed by atoms with van der Waals surface area (Å²) in [6.45, 7) is 0.457. The van der Waals surface area contributed by atoms with Gasteiger partial charge in [0.1, 0.15) is 9.84 Å². The maximum Gasteiger partial charge on any atom is 0.237 e. The smallest absolute Gasteiger partial charge is 0.237 e. The van der Waals surface area contributed by atoms with Crippen LogP contribution in [-0.2, 0) is 14.6 Å². The number of amides is 1. The largest absolute Gasteiger partial charge is 0.368 e. The Morgan fingerprint density at radius 3 is 2.61 bits per heavy atom. The van der Waals surface area contributed by atoms with E-state index in [1.54, 1.807) is 0 Å². The molecule has 0 aromatic carbocycles. The predicted octanol–water partition coefficient (Wildman–Crippen LogP) is -0.912. The van der Waals surface area contributed by atoms with Crippen molar-refractivity contribution in [3.05, 3.63) is 0 Å². The van der Waals surface area contributed by atoms with Crippen molar-refractivity contribution in [3.63, 3.8) is 0 Å². The number of sulfone groups is 1. The Kier molecular flexibility index (Phi) is 4.74. The second-order valence-electron chi connectivity index (χ2n) is 5.38. The van der Waals surface area contributed by atoms with Gasteiger partial charge in [0.15, 0.2) is 0 Å². The SMILES string of the molecule is CN(CCS(C)(=O)=O)C1CCCC(N)(C(N)=O)C1. The molecule has 6 nitrogen and oxygen atoms in total. The highest BCUT2D eigenvalue weighted by atomic mass is 32.2. The number of rotatable bonds is 5. The van der Waals surface area contributed by atoms with Crippen LogP contribution in [0.25, 0.3) is 0 Å². The van der Waals surface area contributed by atoms with Crippen LogP contribution >= 0.6 is 0 Å². The van der Waals surface area contributed by atoms with Crippen LogP contribution < -0.4 is 11.5 Å². The van der Waals surface area contributed by atoms with Gasteiger partial charge in [0, 0.05) is 18.8 Å². The summed E-state index contributed by atoms with van der Waals surface area (Å²) in [5.41, 5.74) is 10.4. The van der Waals surface area contributed by atoms with Crippen molar-refractivity contribution in [1.29, 1.82) is 0 Å². The molecule has 0 aliphatic heterocycles. The topological polar surface area (TPSA) is 106 Å². The van der Waals surface area contributed by atoms with Gasteiger partial charge in [-0.1, -0.05) is 0 Å². The zero-order valence-corrected chi connectivity index (χ0v) is 11.9. The highest BCUT2D eigenvalue weighted by Crippen LogP contribution is 2.28. The highest BCUT2D eigenvalue weighted by molar-refractivity contribution is 7.90. The molecule has 1 aliphatic rings. The third kappa shape index (κ3) is 4.22. The van der Waals surface area contributed by atoms with E-state index in [1.807, 2.05) is 11.9 Å². The average Bonchev–Trinajstić information content (AvgIpc) is 2.24. The van der Waals surface area contributed by atoms with Crippen molar-refractivity contribution in [2.24, 2.45) is 11.5 Å². The van der Waals surface area contributed by atoms with Crippen LogP contribution in [0.2, 0.25) is 0 Å². The van der Waals surface area contributed by atoms with Gasteiger partial charge in [-0.2, -0.15) is 0 Å². The Labute approximate surface area is 109 Å². The lowest BCUT2D eigenvalue weighted by Gasteiger charge is -2.39. The number of carbonyl (C=O) groups is 1. The Hall–Kier alpha value is -0.660. The van der Waals surface area contributed by atoms with Crippen LogP contribution in [0.5, 0.6) is 0 Å². The molecule has 18 heavy (non-hydrogen) atoms. The minimum absolute atomic E-state index is 0.119. The highest BCUT2D eigenvalue weighted by Gasteiger charge is 2.38. The molecule has 0 heterocycles. The summed E-state index contributed by atoms with van der Waals surface area (Å²) in [6.07, 6.45) is 4.10. The van der Waals surface area contributed by atoms with E-state index in [1.165, 1.54) is 6.26 Å². The van der Waals surface area contributed by atoms with E-state index in [0.29, 0.717) is 19.4 Å². The molecule has 1 amide bonds. The first-order valence-corrected chi connectivity index (χ1v) is 8.17. The Bertz CT molecular complexity index is 410. The van der Waals surface area contributed by atoms with E-state index in [0.717, 1.165) is 12.8 Å². The summed E-state index contributed by atoms with van der Waals surface area (Å²) in [6, 6.07) is 0.123. The van der Waals surface area contributed by atoms with Crippen LogP contribution in [-0.4, -0.2) is 56.4 Å². The minimum atomic E-state index is -2.97. The van der Waals surface area contributed by atoms with Gasteiger partial charge in [0.25, 0.3) is 0 Å². The van der Waals surface area contributed by atoms with Crippen molar-refractivity contribution < 1.29 is 13.2 Å². The maximum absolute atomic E-state index is 11.3. The van der Waals surface area contributed by atoms with Gasteiger partial charge >= 0.3 is 0 Å². The van der Waals surface area contributed by atoms with Gasteiger partial charge < -0.3 is 16.4 Å². The first-order chi connectivity index (χ1) is 8.14. The number of carbonyl (C=O) groups excluding carboxylic acids is 1. The van der Waals surface area contributed by atoms with Gasteiger partial charge in [0.05, 0.1) is 11.3 Å². The lowest BCUT2D eigenvalue weighted by Crippen LogP contribution is -2.58. The van der Waals surface area contributed by atoms with Crippen molar-refractivity contribution in [2.75, 3.05) is 25.6 Å². The Morgan fingerprint density at radius 1 is 1.50 bits per heavy atom. The third-order valence-electron chi connectivity index (χ3n) is 3.69. The second kappa shape index (κ2) is 5.54. The molecule has 0 aromatic heterocycles. The summed E-state index contributed by atoms with van der Waals surface area (Å²) in [5.74, 6) is -0.350. The lowest BCUT2D eigenvalue weighted by atomic mass is 9.79. The lowest BCUT2D eigenvalue weighted by molar-refractivity contribution is -0.125. The molecule has 0 spiro atoms. The first kappa shape index (κ1) is 15.4. The van der Waals surface area contributed by atoms with Crippen molar-refractivity contribution in [1.82, 2.24) is 4.90 Å². The quantitative estimate of drug-likeness (QED) is 0.676. The van der Waals surface area contributed by atoms with Crippen LogP contribution in [0.15, 0.2) is 0 Å². The average molecular weight is 277 g/mol. The van der Waals surface area contributed by atoms with E-state index < -0.39 is 21.3 Å². The molecule has 1 fully saturated rings. The number of primary amides is 1. The van der Waals surface area contributed by atoms with Gasteiger partial charge in [-0.25, -0.2) is 8.42 Å². The molecule has 0 radical (unpaired) electrons. The summed E-state index contributed by atoms with van der Waals surface area (Å²) >= 11 is 0. The van der Waals surface area contributed by atoms with Crippen LogP contribution in [0.3, 0.4) is 0 Å². The summed E-state index contributed by atoms with van der Waals surface area (Å²) < 4.78 is 22.3. The number of hydrogen-bond acceptors (Lipinski definition) is 5. The zero-order valence-electron chi connectivity index (χ0n) is 11.1. The number of nitrogens with zero attached hydrogens (tertiary/aromatic N) is 1. The zero-order chi connectivity index (χ0) is 14.0. The summed E-state index contributed by atoms with van der Waals surface area (Å²) in [7, 11) is -1.10. The monoisotopic (exact) mass is 277 g/mol. The van der Waals surface area contributed by atoms with Crippen molar-refractivity contribution >= 4 is 15.7 Å². The predicted molar refractivity (Wildman–Crippen MR) is 70.7 cm³/mol. The van der Waals surface area contributed by atoms with Gasteiger partial charge in [-0.15, -0.1) is 0 Å². The number of hydrogen-bond donors (Lipinski definition) is 2. The van der Waals surface area contributed by atoms with E-state index in [4.69, 9.17) is 11.5 Å². The Balaban J connectivity index is 2.59. The molecule has 1 rings (SSSR count). The fraction of sp³-hybridized carbons (Fsp3) is 0.909. The van der Waals surface area contributed by atoms with Crippen LogP contribution in [0, 0.1) is 0 Å². The molecule has 2 unspecified atom stereocenters. The van der Waals surface area contributed by atoms with Gasteiger partial charge in [-0.05, 0) is 32.7 Å². The number of nitrogens with two attached hydrogens (primary N) is 2. The molecule has 0 aromatic rings. The van der Waals surface area contributed by atoms with E-state index in [9.17, 15) is 13.2 Å². The van der Waals surface area contributed by atoms with Crippen molar-refractivity contribution in [2.45, 2.75) is 37.3 Å². The second-order valence-corrected chi connectivity index (χ2v) is 7.64. The molecule has 106 valence electrons. The first-order valence-electron chi connectivity index (χ1n) is 6.11. The van der Waals surface area contributed by atoms with Crippen molar-refractivity contribution in [3.8, 4) is 0 Å². The van der Waals surface area contributed by atoms with E-state index in [-0.39, 0.29) is 11.8 Å². The normalized spacial score (nSPS) is 29.4. The standard InChI is InChI=1S/C11H23N3O3S/c1-14(6-7-18(2,16)17)9-4-3-5-11(13,8-9)10(12)15/h9H,3-8,13H2,1-2H3,(H2,12,15). The fourth-order valence-corrected chi connectivity index (χ4v) is 2.99. The molecule has 7 heteroatoms. The molecular weight excluding hydrogens is 254 g/mol. The molecule has 0 bridgehead atoms. The Morgan fingerprint density at radius 2 is 2.11 bits per heavy atom.